The minimum Gasteiger partial charge on any atom is -0.277 e. The Kier molecular flexibility index (Phi) is 4.94. The lowest BCUT2D eigenvalue weighted by Crippen LogP contribution is -2.62. The molecule has 0 radical (unpaired) electrons. The molecular formula is C20H17F3N2O4S. The summed E-state index contributed by atoms with van der Waals surface area (Å²) in [6.07, 6.45) is -4.16. The van der Waals surface area contributed by atoms with E-state index in [2.05, 4.69) is 0 Å². The van der Waals surface area contributed by atoms with E-state index in [-0.39, 0.29) is 42.6 Å². The second-order valence-corrected chi connectivity index (χ2v) is 9.17. The lowest BCUT2D eigenvalue weighted by Gasteiger charge is -2.41. The van der Waals surface area contributed by atoms with Gasteiger partial charge in [-0.15, -0.1) is 0 Å². The van der Waals surface area contributed by atoms with Crippen molar-refractivity contribution in [3.05, 3.63) is 54.1 Å². The number of alkyl halides is 3. The van der Waals surface area contributed by atoms with Gasteiger partial charge in [0.15, 0.2) is 0 Å². The zero-order valence-electron chi connectivity index (χ0n) is 15.6. The molecule has 2 aliphatic heterocycles. The molecule has 0 aromatic heterocycles. The molecule has 2 amide bonds. The highest BCUT2D eigenvalue weighted by Crippen LogP contribution is 2.33. The van der Waals surface area contributed by atoms with Crippen LogP contribution in [0, 0.1) is 0 Å². The molecule has 0 bridgehead atoms. The summed E-state index contributed by atoms with van der Waals surface area (Å²) in [6.45, 7) is 0.0738. The minimum atomic E-state index is -4.47. The van der Waals surface area contributed by atoms with Crippen LogP contribution in [0.2, 0.25) is 0 Å². The number of rotatable bonds is 4. The lowest BCUT2D eigenvalue weighted by atomic mass is 10.0. The molecule has 4 rings (SSSR count). The summed E-state index contributed by atoms with van der Waals surface area (Å²) in [5, 5.41) is 0. The van der Waals surface area contributed by atoms with Crippen molar-refractivity contribution in [2.75, 3.05) is 13.1 Å². The van der Waals surface area contributed by atoms with E-state index in [0.717, 1.165) is 17.0 Å². The van der Waals surface area contributed by atoms with Crippen LogP contribution in [-0.4, -0.2) is 48.6 Å². The van der Waals surface area contributed by atoms with Gasteiger partial charge < -0.3 is 0 Å². The van der Waals surface area contributed by atoms with Crippen LogP contribution in [0.25, 0.3) is 11.1 Å². The van der Waals surface area contributed by atoms with Crippen molar-refractivity contribution < 1.29 is 31.2 Å². The Morgan fingerprint density at radius 3 is 2.03 bits per heavy atom. The molecule has 0 atom stereocenters. The third-order valence-electron chi connectivity index (χ3n) is 5.30. The van der Waals surface area contributed by atoms with Gasteiger partial charge in [0.1, 0.15) is 0 Å². The van der Waals surface area contributed by atoms with Crippen molar-refractivity contribution in [1.82, 2.24) is 9.21 Å². The molecule has 6 nitrogen and oxygen atoms in total. The number of likely N-dealkylation sites (tertiary alicyclic amines) is 1. The van der Waals surface area contributed by atoms with Gasteiger partial charge >= 0.3 is 6.18 Å². The van der Waals surface area contributed by atoms with Crippen molar-refractivity contribution in [2.45, 2.75) is 30.0 Å². The van der Waals surface area contributed by atoms with E-state index < -0.39 is 27.8 Å². The van der Waals surface area contributed by atoms with Crippen LogP contribution in [0.4, 0.5) is 13.2 Å². The van der Waals surface area contributed by atoms with Crippen molar-refractivity contribution in [2.24, 2.45) is 0 Å². The van der Waals surface area contributed by atoms with Crippen molar-refractivity contribution in [3.63, 3.8) is 0 Å². The summed E-state index contributed by atoms with van der Waals surface area (Å²) >= 11 is 0. The first-order valence-corrected chi connectivity index (χ1v) is 10.6. The van der Waals surface area contributed by atoms with E-state index in [4.69, 9.17) is 0 Å². The van der Waals surface area contributed by atoms with E-state index in [1.807, 2.05) is 0 Å². The molecule has 10 heteroatoms. The maximum absolute atomic E-state index is 12.9. The molecule has 2 aliphatic rings. The molecule has 2 fully saturated rings. The second kappa shape index (κ2) is 7.21. The predicted molar refractivity (Wildman–Crippen MR) is 101 cm³/mol. The number of hydrogen-bond acceptors (Lipinski definition) is 4. The first-order chi connectivity index (χ1) is 14.1. The Labute approximate surface area is 170 Å². The average molecular weight is 438 g/mol. The smallest absolute Gasteiger partial charge is 0.277 e. The van der Waals surface area contributed by atoms with E-state index in [1.54, 1.807) is 0 Å². The molecule has 0 N–H and O–H groups in total. The Bertz CT molecular complexity index is 1090. The molecule has 2 aromatic carbocycles. The first kappa shape index (κ1) is 20.5. The molecule has 0 spiro atoms. The van der Waals surface area contributed by atoms with Crippen LogP contribution >= 0.6 is 0 Å². The normalized spacial score (nSPS) is 18.7. The van der Waals surface area contributed by atoms with Gasteiger partial charge in [-0.05, 0) is 35.4 Å². The highest BCUT2D eigenvalue weighted by Gasteiger charge is 2.45. The zero-order chi connectivity index (χ0) is 21.7. The number of imide groups is 1. The van der Waals surface area contributed by atoms with Gasteiger partial charge in [0, 0.05) is 25.9 Å². The van der Waals surface area contributed by atoms with Crippen molar-refractivity contribution >= 4 is 21.8 Å². The maximum Gasteiger partial charge on any atom is 0.416 e. The number of carbonyl (C=O) groups excluding carboxylic acids is 2. The Morgan fingerprint density at radius 1 is 0.867 bits per heavy atom. The van der Waals surface area contributed by atoms with Gasteiger partial charge in [0.2, 0.25) is 21.8 Å². The monoisotopic (exact) mass is 438 g/mol. The molecule has 0 unspecified atom stereocenters. The van der Waals surface area contributed by atoms with E-state index in [9.17, 15) is 31.2 Å². The second-order valence-electron chi connectivity index (χ2n) is 7.24. The molecule has 0 aliphatic carbocycles. The average Bonchev–Trinajstić information content (AvgIpc) is 2.99. The third kappa shape index (κ3) is 3.61. The van der Waals surface area contributed by atoms with Crippen molar-refractivity contribution in [1.29, 1.82) is 0 Å². The Morgan fingerprint density at radius 2 is 1.47 bits per heavy atom. The van der Waals surface area contributed by atoms with Gasteiger partial charge in [0.05, 0.1) is 16.5 Å². The summed E-state index contributed by atoms with van der Waals surface area (Å²) < 4.78 is 65.4. The number of halogens is 3. The molecule has 2 heterocycles. The topological polar surface area (TPSA) is 74.8 Å². The summed E-state index contributed by atoms with van der Waals surface area (Å²) in [5.41, 5.74) is -0.00651. The third-order valence-corrected chi connectivity index (χ3v) is 7.15. The van der Waals surface area contributed by atoms with Crippen LogP contribution in [-0.2, 0) is 25.8 Å². The van der Waals surface area contributed by atoms with Gasteiger partial charge in [0.25, 0.3) is 0 Å². The van der Waals surface area contributed by atoms with Crippen LogP contribution in [0.5, 0.6) is 0 Å². The fraction of sp³-hybridized carbons (Fsp3) is 0.300. The summed E-state index contributed by atoms with van der Waals surface area (Å²) in [4.78, 5) is 24.7. The number of amides is 2. The van der Waals surface area contributed by atoms with E-state index in [0.29, 0.717) is 11.1 Å². The predicted octanol–water partition coefficient (Wildman–Crippen LogP) is 2.89. The molecule has 2 aromatic rings. The summed E-state index contributed by atoms with van der Waals surface area (Å²) in [5.74, 6) is -0.569. The standard InChI is InChI=1S/C20H17F3N2O4S/c21-20(22,23)15-3-1-2-14(10-15)13-4-6-17(7-5-13)30(28,29)24-11-16(12-24)25-18(26)8-9-19(25)27/h1-7,10,16H,8-9,11-12H2. The van der Waals surface area contributed by atoms with E-state index >= 15 is 0 Å². The molecule has 0 saturated carbocycles. The van der Waals surface area contributed by atoms with Gasteiger partial charge in [-0.1, -0.05) is 24.3 Å². The highest BCUT2D eigenvalue weighted by atomic mass is 32.2. The van der Waals surface area contributed by atoms with E-state index in [1.165, 1.54) is 40.7 Å². The Hall–Kier alpha value is -2.72. The van der Waals surface area contributed by atoms with Crippen LogP contribution in [0.1, 0.15) is 18.4 Å². The molecule has 2 saturated heterocycles. The SMILES string of the molecule is O=C1CCC(=O)N1C1CN(S(=O)(=O)c2ccc(-c3cccc(C(F)(F)F)c3)cc2)C1. The quantitative estimate of drug-likeness (QED) is 0.688. The van der Waals surface area contributed by atoms with Crippen LogP contribution in [0.15, 0.2) is 53.4 Å². The first-order valence-electron chi connectivity index (χ1n) is 9.20. The van der Waals surface area contributed by atoms with Crippen LogP contribution < -0.4 is 0 Å². The molecular weight excluding hydrogens is 421 g/mol. The Balaban J connectivity index is 1.49. The maximum atomic E-state index is 12.9. The van der Waals surface area contributed by atoms with Gasteiger partial charge in [-0.2, -0.15) is 17.5 Å². The molecule has 158 valence electrons. The number of nitrogens with zero attached hydrogens (tertiary/aromatic N) is 2. The van der Waals surface area contributed by atoms with Crippen molar-refractivity contribution in [3.8, 4) is 11.1 Å². The summed E-state index contributed by atoms with van der Waals surface area (Å²) in [7, 11) is -3.83. The van der Waals surface area contributed by atoms with Gasteiger partial charge in [-0.25, -0.2) is 8.42 Å². The van der Waals surface area contributed by atoms with Crippen LogP contribution in [0.3, 0.4) is 0 Å². The fourth-order valence-electron chi connectivity index (χ4n) is 3.62. The number of sulfonamides is 1. The highest BCUT2D eigenvalue weighted by molar-refractivity contribution is 7.89. The summed E-state index contributed by atoms with van der Waals surface area (Å²) in [6, 6.07) is 9.92. The van der Waals surface area contributed by atoms with Gasteiger partial charge in [-0.3, -0.25) is 14.5 Å². The number of carbonyl (C=O) groups is 2. The number of benzene rings is 2. The molecule has 30 heavy (non-hydrogen) atoms. The number of hydrogen-bond donors (Lipinski definition) is 0. The minimum absolute atomic E-state index is 0.00393. The largest absolute Gasteiger partial charge is 0.416 e. The zero-order valence-corrected chi connectivity index (χ0v) is 16.4. The lowest BCUT2D eigenvalue weighted by molar-refractivity contribution is -0.143. The fourth-order valence-corrected chi connectivity index (χ4v) is 5.14.